The van der Waals surface area contributed by atoms with Crippen LogP contribution in [0.4, 0.5) is 0 Å². The van der Waals surface area contributed by atoms with E-state index in [1.165, 1.54) is 167 Å². The summed E-state index contributed by atoms with van der Waals surface area (Å²) in [4.78, 5) is 12.4. The molecule has 0 aliphatic heterocycles. The van der Waals surface area contributed by atoms with Crippen molar-refractivity contribution < 1.29 is 20.1 Å². The normalized spacial score (nSPS) is 13.6. The third kappa shape index (κ3) is 31.7. The minimum Gasteiger partial charge on any atom is -0.394 e. The van der Waals surface area contributed by atoms with Gasteiger partial charge in [0.1, 0.15) is 6.10 Å². The van der Waals surface area contributed by atoms with Crippen LogP contribution in [0.15, 0.2) is 0 Å². The van der Waals surface area contributed by atoms with Crippen LogP contribution in [0.3, 0.4) is 0 Å². The van der Waals surface area contributed by atoms with Crippen molar-refractivity contribution in [3.05, 3.63) is 0 Å². The molecule has 1 unspecified atom stereocenters. The number of amides is 1. The summed E-state index contributed by atoms with van der Waals surface area (Å²) in [7, 11) is 0. The largest absolute Gasteiger partial charge is 0.394 e. The summed E-state index contributed by atoms with van der Waals surface area (Å²) in [6.45, 7) is 4.18. The van der Waals surface area contributed by atoms with Crippen molar-refractivity contribution in [1.29, 1.82) is 0 Å². The first-order valence-electron chi connectivity index (χ1n) is 20.3. The predicted molar refractivity (Wildman–Crippen MR) is 195 cm³/mol. The van der Waals surface area contributed by atoms with E-state index in [-0.39, 0.29) is 12.5 Å². The van der Waals surface area contributed by atoms with Gasteiger partial charge in [-0.15, -0.1) is 0 Å². The van der Waals surface area contributed by atoms with Crippen LogP contribution in [-0.2, 0) is 4.79 Å². The Kier molecular flexibility index (Phi) is 35.7. The zero-order valence-corrected chi connectivity index (χ0v) is 30.5. The fourth-order valence-corrected chi connectivity index (χ4v) is 6.52. The van der Waals surface area contributed by atoms with Gasteiger partial charge >= 0.3 is 0 Å². The van der Waals surface area contributed by atoms with Gasteiger partial charge in [0.05, 0.1) is 18.8 Å². The second-order valence-corrected chi connectivity index (χ2v) is 14.2. The van der Waals surface area contributed by atoms with Crippen molar-refractivity contribution in [2.45, 2.75) is 244 Å². The zero-order chi connectivity index (χ0) is 33.1. The van der Waals surface area contributed by atoms with Crippen LogP contribution in [0.2, 0.25) is 0 Å². The molecule has 0 aromatic carbocycles. The van der Waals surface area contributed by atoms with E-state index in [2.05, 4.69) is 19.2 Å². The monoisotopic (exact) mass is 640 g/mol. The van der Waals surface area contributed by atoms with E-state index in [1.54, 1.807) is 0 Å². The molecule has 0 rings (SSSR count). The Bertz CT molecular complexity index is 587. The van der Waals surface area contributed by atoms with E-state index in [9.17, 15) is 20.1 Å². The van der Waals surface area contributed by atoms with Gasteiger partial charge < -0.3 is 20.6 Å². The molecule has 0 bridgehead atoms. The quantitative estimate of drug-likeness (QED) is 0.0509. The highest BCUT2D eigenvalue weighted by Gasteiger charge is 2.26. The summed E-state index contributed by atoms with van der Waals surface area (Å²) in [5.41, 5.74) is 0. The van der Waals surface area contributed by atoms with Gasteiger partial charge in [0.15, 0.2) is 0 Å². The summed E-state index contributed by atoms with van der Waals surface area (Å²) in [5, 5.41) is 33.4. The average molecular weight is 640 g/mol. The maximum Gasteiger partial charge on any atom is 0.220 e. The molecule has 0 saturated heterocycles. The molecular weight excluding hydrogens is 558 g/mol. The second kappa shape index (κ2) is 36.2. The molecule has 0 radical (unpaired) electrons. The van der Waals surface area contributed by atoms with E-state index >= 15 is 0 Å². The molecule has 45 heavy (non-hydrogen) atoms. The fraction of sp³-hybridized carbons (Fsp3) is 0.975. The lowest BCUT2D eigenvalue weighted by Gasteiger charge is -2.26. The number of rotatable bonds is 37. The fourth-order valence-electron chi connectivity index (χ4n) is 6.52. The lowest BCUT2D eigenvalue weighted by molar-refractivity contribution is -0.124. The van der Waals surface area contributed by atoms with Crippen molar-refractivity contribution >= 4 is 5.91 Å². The number of unbranched alkanes of at least 4 members (excludes halogenated alkanes) is 29. The number of aliphatic hydroxyl groups is 3. The third-order valence-corrected chi connectivity index (χ3v) is 9.71. The zero-order valence-electron chi connectivity index (χ0n) is 30.5. The Morgan fingerprint density at radius 2 is 0.756 bits per heavy atom. The summed E-state index contributed by atoms with van der Waals surface area (Å²) >= 11 is 0. The molecule has 4 N–H and O–H groups in total. The molecule has 270 valence electrons. The SMILES string of the molecule is CCCCCCCCCCCCCCCCCCCC(=O)N[C@H](CO)[C@H](O)C(O)CCCCCCCCCCCCCCCC. The van der Waals surface area contributed by atoms with Crippen LogP contribution in [0.25, 0.3) is 0 Å². The number of nitrogens with one attached hydrogen (secondary N) is 1. The van der Waals surface area contributed by atoms with E-state index in [4.69, 9.17) is 0 Å². The molecule has 0 saturated carbocycles. The van der Waals surface area contributed by atoms with Crippen LogP contribution < -0.4 is 5.32 Å². The van der Waals surface area contributed by atoms with Crippen molar-refractivity contribution in [3.8, 4) is 0 Å². The molecule has 0 aliphatic rings. The van der Waals surface area contributed by atoms with Gasteiger partial charge in [0, 0.05) is 6.42 Å². The molecule has 0 aromatic heterocycles. The maximum absolute atomic E-state index is 12.4. The molecule has 0 heterocycles. The smallest absolute Gasteiger partial charge is 0.220 e. The highest BCUT2D eigenvalue weighted by atomic mass is 16.3. The number of aliphatic hydroxyl groups excluding tert-OH is 3. The van der Waals surface area contributed by atoms with Gasteiger partial charge in [-0.25, -0.2) is 0 Å². The van der Waals surface area contributed by atoms with Gasteiger partial charge in [-0.05, 0) is 12.8 Å². The summed E-state index contributed by atoms with van der Waals surface area (Å²) in [5.74, 6) is -0.141. The Labute approximate surface area is 281 Å². The first-order valence-corrected chi connectivity index (χ1v) is 20.3. The molecule has 5 heteroatoms. The molecular formula is C40H81NO4. The topological polar surface area (TPSA) is 89.8 Å². The number of carbonyl (C=O) groups is 1. The number of hydrogen-bond acceptors (Lipinski definition) is 4. The maximum atomic E-state index is 12.4. The van der Waals surface area contributed by atoms with E-state index in [0.717, 1.165) is 32.1 Å². The Hall–Kier alpha value is -0.650. The van der Waals surface area contributed by atoms with Gasteiger partial charge in [0.2, 0.25) is 5.91 Å². The van der Waals surface area contributed by atoms with Crippen LogP contribution >= 0.6 is 0 Å². The molecule has 0 aromatic rings. The molecule has 0 fully saturated rings. The Morgan fingerprint density at radius 1 is 0.467 bits per heavy atom. The summed E-state index contributed by atoms with van der Waals surface area (Å²) in [6.07, 6.45) is 39.1. The Balaban J connectivity index is 3.61. The average Bonchev–Trinajstić information content (AvgIpc) is 3.04. The highest BCUT2D eigenvalue weighted by molar-refractivity contribution is 5.76. The predicted octanol–water partition coefficient (Wildman–Crippen LogP) is 11.1. The molecule has 5 nitrogen and oxygen atoms in total. The summed E-state index contributed by atoms with van der Waals surface area (Å²) < 4.78 is 0. The standard InChI is InChI=1S/C40H81NO4/c1-3-5-7-9-11-13-15-17-19-20-21-23-25-27-29-31-33-35-39(44)41-37(36-42)40(45)38(43)34-32-30-28-26-24-22-18-16-14-12-10-8-6-4-2/h37-38,40,42-43,45H,3-36H2,1-2H3,(H,41,44)/t37-,38?,40+/m1/s1. The van der Waals surface area contributed by atoms with Gasteiger partial charge in [-0.2, -0.15) is 0 Å². The molecule has 0 spiro atoms. The number of carbonyl (C=O) groups excluding carboxylic acids is 1. The van der Waals surface area contributed by atoms with Crippen LogP contribution in [-0.4, -0.2) is 46.1 Å². The highest BCUT2D eigenvalue weighted by Crippen LogP contribution is 2.16. The van der Waals surface area contributed by atoms with Crippen molar-refractivity contribution in [2.75, 3.05) is 6.61 Å². The minimum atomic E-state index is -1.13. The van der Waals surface area contributed by atoms with E-state index in [0.29, 0.717) is 12.8 Å². The van der Waals surface area contributed by atoms with Crippen molar-refractivity contribution in [1.82, 2.24) is 5.32 Å². The minimum absolute atomic E-state index is 0.141. The molecule has 0 aliphatic carbocycles. The van der Waals surface area contributed by atoms with Crippen LogP contribution in [0, 0.1) is 0 Å². The van der Waals surface area contributed by atoms with Crippen LogP contribution in [0.5, 0.6) is 0 Å². The Morgan fingerprint density at radius 3 is 1.07 bits per heavy atom. The van der Waals surface area contributed by atoms with E-state index < -0.39 is 18.2 Å². The molecule has 3 atom stereocenters. The van der Waals surface area contributed by atoms with Gasteiger partial charge in [-0.1, -0.05) is 206 Å². The second-order valence-electron chi connectivity index (χ2n) is 14.2. The molecule has 1 amide bonds. The van der Waals surface area contributed by atoms with E-state index in [1.807, 2.05) is 0 Å². The first-order chi connectivity index (χ1) is 22.1. The summed E-state index contributed by atoms with van der Waals surface area (Å²) in [6, 6.07) is -0.801. The van der Waals surface area contributed by atoms with Crippen LogP contribution in [0.1, 0.15) is 226 Å². The third-order valence-electron chi connectivity index (χ3n) is 9.71. The first kappa shape index (κ1) is 44.4. The van der Waals surface area contributed by atoms with Gasteiger partial charge in [-0.3, -0.25) is 4.79 Å². The lowest BCUT2D eigenvalue weighted by atomic mass is 9.99. The van der Waals surface area contributed by atoms with Crippen molar-refractivity contribution in [2.24, 2.45) is 0 Å². The lowest BCUT2D eigenvalue weighted by Crippen LogP contribution is -2.50. The van der Waals surface area contributed by atoms with Crippen molar-refractivity contribution in [3.63, 3.8) is 0 Å². The number of hydrogen-bond donors (Lipinski definition) is 4. The van der Waals surface area contributed by atoms with Gasteiger partial charge in [0.25, 0.3) is 0 Å².